The van der Waals surface area contributed by atoms with Gasteiger partial charge in [-0.1, -0.05) is 37.6 Å². The second-order valence-corrected chi connectivity index (χ2v) is 9.20. The number of carbonyl (C=O) groups excluding carboxylic acids is 2. The first-order valence-electron chi connectivity index (χ1n) is 9.20. The highest BCUT2D eigenvalue weighted by Crippen LogP contribution is 2.66. The van der Waals surface area contributed by atoms with Crippen molar-refractivity contribution in [3.63, 3.8) is 0 Å². The van der Waals surface area contributed by atoms with Gasteiger partial charge in [-0.3, -0.25) is 9.59 Å². The summed E-state index contributed by atoms with van der Waals surface area (Å²) in [5.41, 5.74) is -0.952. The van der Waals surface area contributed by atoms with Crippen molar-refractivity contribution in [1.82, 2.24) is 0 Å². The van der Waals surface area contributed by atoms with Gasteiger partial charge in [0.05, 0.1) is 0 Å². The maximum Gasteiger partial charge on any atom is 0.178 e. The lowest BCUT2D eigenvalue weighted by molar-refractivity contribution is -0.155. The lowest BCUT2D eigenvalue weighted by Crippen LogP contribution is -2.56. The third-order valence-corrected chi connectivity index (χ3v) is 8.22. The van der Waals surface area contributed by atoms with Crippen molar-refractivity contribution >= 4 is 23.2 Å². The molecule has 0 aromatic carbocycles. The predicted octanol–water partition coefficient (Wildman–Crippen LogP) is 3.96. The van der Waals surface area contributed by atoms with Crippen LogP contribution < -0.4 is 0 Å². The van der Waals surface area contributed by atoms with Gasteiger partial charge in [-0.15, -0.1) is 0 Å². The normalized spacial score (nSPS) is 48.2. The molecule has 4 heteroatoms. The molecule has 0 aliphatic heterocycles. The third-order valence-electron chi connectivity index (χ3n) is 7.89. The van der Waals surface area contributed by atoms with E-state index in [0.717, 1.165) is 24.8 Å². The smallest absolute Gasteiger partial charge is 0.178 e. The number of ketones is 2. The molecule has 0 saturated heterocycles. The summed E-state index contributed by atoms with van der Waals surface area (Å²) in [6.07, 6.45) is 10.6. The zero-order valence-electron chi connectivity index (χ0n) is 15.0. The standard InChI is InChI=1S/C21H25ClO3/c1-12(23)21(25)9-6-16-14-11-18(22)17-10-13(24)4-7-19(17,2)15(14)5-8-20(16,21)3/h4,7,10-11,14-16,25H,5-6,8-9H2,1-3H3/t14-,15-,16-,19+,20-,21-/m0/s1. The van der Waals surface area contributed by atoms with E-state index in [0.29, 0.717) is 17.4 Å². The Balaban J connectivity index is 1.81. The summed E-state index contributed by atoms with van der Waals surface area (Å²) in [6, 6.07) is 0. The molecule has 25 heavy (non-hydrogen) atoms. The van der Waals surface area contributed by atoms with Gasteiger partial charge in [-0.05, 0) is 68.1 Å². The number of carbonyl (C=O) groups is 2. The monoisotopic (exact) mass is 360 g/mol. The molecule has 0 heterocycles. The summed E-state index contributed by atoms with van der Waals surface area (Å²) in [7, 11) is 0. The van der Waals surface area contributed by atoms with E-state index in [1.54, 1.807) is 12.2 Å². The number of aliphatic hydroxyl groups is 1. The Morgan fingerprint density at radius 1 is 1.24 bits per heavy atom. The van der Waals surface area contributed by atoms with E-state index in [2.05, 4.69) is 19.9 Å². The summed E-state index contributed by atoms with van der Waals surface area (Å²) in [5, 5.41) is 11.8. The van der Waals surface area contributed by atoms with Crippen LogP contribution in [-0.2, 0) is 9.59 Å². The first-order valence-corrected chi connectivity index (χ1v) is 9.58. The van der Waals surface area contributed by atoms with Gasteiger partial charge in [0.15, 0.2) is 11.6 Å². The molecule has 0 aromatic heterocycles. The Morgan fingerprint density at radius 3 is 2.60 bits per heavy atom. The minimum atomic E-state index is -1.22. The lowest BCUT2D eigenvalue weighted by Gasteiger charge is -2.56. The summed E-state index contributed by atoms with van der Waals surface area (Å²) in [4.78, 5) is 24.1. The van der Waals surface area contributed by atoms with Crippen molar-refractivity contribution in [3.05, 3.63) is 34.9 Å². The fraction of sp³-hybridized carbons (Fsp3) is 0.619. The molecule has 0 aromatic rings. The number of hydrogen-bond acceptors (Lipinski definition) is 3. The van der Waals surface area contributed by atoms with Crippen molar-refractivity contribution < 1.29 is 14.7 Å². The van der Waals surface area contributed by atoms with Crippen LogP contribution in [-0.4, -0.2) is 22.3 Å². The van der Waals surface area contributed by atoms with Crippen LogP contribution in [0, 0.1) is 28.6 Å². The van der Waals surface area contributed by atoms with Crippen molar-refractivity contribution in [2.45, 2.75) is 52.1 Å². The van der Waals surface area contributed by atoms with Crippen molar-refractivity contribution in [2.24, 2.45) is 28.6 Å². The fourth-order valence-electron chi connectivity index (χ4n) is 6.32. The van der Waals surface area contributed by atoms with E-state index < -0.39 is 11.0 Å². The Bertz CT molecular complexity index is 763. The average molecular weight is 361 g/mol. The molecule has 2 saturated carbocycles. The Labute approximate surface area is 153 Å². The number of fused-ring (bicyclic) bond motifs is 5. The molecule has 4 aliphatic carbocycles. The average Bonchev–Trinajstić information content (AvgIpc) is 2.83. The van der Waals surface area contributed by atoms with E-state index in [9.17, 15) is 14.7 Å². The Morgan fingerprint density at radius 2 is 1.92 bits per heavy atom. The molecule has 3 nitrogen and oxygen atoms in total. The van der Waals surface area contributed by atoms with Gasteiger partial charge in [-0.25, -0.2) is 0 Å². The molecule has 6 atom stereocenters. The topological polar surface area (TPSA) is 54.4 Å². The highest BCUT2D eigenvalue weighted by atomic mass is 35.5. The molecular weight excluding hydrogens is 336 g/mol. The largest absolute Gasteiger partial charge is 0.382 e. The minimum Gasteiger partial charge on any atom is -0.382 e. The summed E-state index contributed by atoms with van der Waals surface area (Å²) in [6.45, 7) is 5.77. The van der Waals surface area contributed by atoms with Crippen LogP contribution in [0.25, 0.3) is 0 Å². The molecule has 0 bridgehead atoms. The van der Waals surface area contributed by atoms with Gasteiger partial charge in [0, 0.05) is 15.9 Å². The van der Waals surface area contributed by atoms with Crippen LogP contribution in [0.3, 0.4) is 0 Å². The molecule has 1 N–H and O–H groups in total. The van der Waals surface area contributed by atoms with E-state index in [4.69, 9.17) is 11.6 Å². The second kappa shape index (κ2) is 5.17. The maximum absolute atomic E-state index is 12.2. The Hall–Kier alpha value is -1.19. The fourth-order valence-corrected chi connectivity index (χ4v) is 6.73. The predicted molar refractivity (Wildman–Crippen MR) is 96.9 cm³/mol. The number of rotatable bonds is 1. The summed E-state index contributed by atoms with van der Waals surface area (Å²) >= 11 is 6.61. The van der Waals surface area contributed by atoms with E-state index in [1.165, 1.54) is 6.92 Å². The molecule has 0 radical (unpaired) electrons. The highest BCUT2D eigenvalue weighted by Gasteiger charge is 2.65. The zero-order chi connectivity index (χ0) is 18.2. The molecule has 134 valence electrons. The highest BCUT2D eigenvalue weighted by molar-refractivity contribution is 6.32. The third kappa shape index (κ3) is 2.03. The van der Waals surface area contributed by atoms with Crippen LogP contribution in [0.2, 0.25) is 0 Å². The van der Waals surface area contributed by atoms with Crippen LogP contribution in [0.15, 0.2) is 34.9 Å². The van der Waals surface area contributed by atoms with Gasteiger partial charge < -0.3 is 5.11 Å². The maximum atomic E-state index is 12.2. The first kappa shape index (κ1) is 17.2. The minimum absolute atomic E-state index is 0.00931. The molecule has 0 unspecified atom stereocenters. The van der Waals surface area contributed by atoms with Crippen LogP contribution in [0.4, 0.5) is 0 Å². The molecule has 4 rings (SSSR count). The van der Waals surface area contributed by atoms with E-state index in [1.807, 2.05) is 6.08 Å². The summed E-state index contributed by atoms with van der Waals surface area (Å²) in [5.74, 6) is 0.678. The van der Waals surface area contributed by atoms with Crippen LogP contribution in [0.1, 0.15) is 46.5 Å². The van der Waals surface area contributed by atoms with Crippen molar-refractivity contribution in [1.29, 1.82) is 0 Å². The van der Waals surface area contributed by atoms with E-state index >= 15 is 0 Å². The number of allylic oxidation sites excluding steroid dienone is 6. The molecular formula is C21H25ClO3. The van der Waals surface area contributed by atoms with Crippen molar-refractivity contribution in [3.8, 4) is 0 Å². The molecule has 2 fully saturated rings. The van der Waals surface area contributed by atoms with Gasteiger partial charge in [0.2, 0.25) is 0 Å². The van der Waals surface area contributed by atoms with Gasteiger partial charge in [0.1, 0.15) is 5.60 Å². The SMILES string of the molecule is CC(=O)[C@@]1(O)CC[C@H]2[C@H]3C=C(Cl)C4=CC(=O)C=C[C@]4(C)[C@H]3CC[C@@]21C. The van der Waals surface area contributed by atoms with E-state index in [-0.39, 0.29) is 28.8 Å². The van der Waals surface area contributed by atoms with Gasteiger partial charge in [-0.2, -0.15) is 0 Å². The van der Waals surface area contributed by atoms with Gasteiger partial charge >= 0.3 is 0 Å². The second-order valence-electron chi connectivity index (χ2n) is 8.79. The Kier molecular flexibility index (Phi) is 3.56. The molecule has 0 spiro atoms. The lowest BCUT2D eigenvalue weighted by atomic mass is 9.49. The zero-order valence-corrected chi connectivity index (χ0v) is 15.8. The van der Waals surface area contributed by atoms with Crippen LogP contribution in [0.5, 0.6) is 0 Å². The number of halogens is 1. The summed E-state index contributed by atoms with van der Waals surface area (Å²) < 4.78 is 0. The molecule has 0 amide bonds. The van der Waals surface area contributed by atoms with Crippen molar-refractivity contribution in [2.75, 3.05) is 0 Å². The van der Waals surface area contributed by atoms with Crippen LogP contribution >= 0.6 is 11.6 Å². The molecule has 4 aliphatic rings. The van der Waals surface area contributed by atoms with Gasteiger partial charge in [0.25, 0.3) is 0 Å². The quantitative estimate of drug-likeness (QED) is 0.770. The number of hydrogen-bond donors (Lipinski definition) is 1. The first-order chi connectivity index (χ1) is 11.6. The number of Topliss-reactive ketones (excluding diaryl/α,β-unsaturated/α-hetero) is 1.